The number of carboxylic acids is 1. The summed E-state index contributed by atoms with van der Waals surface area (Å²) in [6, 6.07) is 39.8. The molecule has 7 heteroatoms. The standard InChI is InChI=1S/C46H53N5O2/c47-39-24-35(39)33-15-16-42-38(22-33)45(31-11-13-32(14-12-31)46(52)53)51-19-17-28(27-48-40-25-36(40)29-7-3-1-4-8-29)21-43(51)44-23-34(18-20-50(42)44)49-41-26-37(41)30-9-5-2-6-10-30/h1-16,22,28,34-37,39-41,43-45,48-49H,17-21,23-27,47H2,(H,52,53)/t28?,34?,35-,36+,37+,39+,40-,41-,43?,44?,45?/m1/s1. The highest BCUT2D eigenvalue weighted by atomic mass is 16.4. The van der Waals surface area contributed by atoms with Crippen LogP contribution in [0.15, 0.2) is 103 Å². The average molecular weight is 708 g/mol. The summed E-state index contributed by atoms with van der Waals surface area (Å²) < 4.78 is 0. The van der Waals surface area contributed by atoms with Gasteiger partial charge in [0.1, 0.15) is 0 Å². The predicted molar refractivity (Wildman–Crippen MR) is 211 cm³/mol. The second kappa shape index (κ2) is 13.7. The molecule has 3 saturated carbocycles. The fraction of sp³-hybridized carbons (Fsp3) is 0.457. The molecule has 3 aliphatic heterocycles. The maximum Gasteiger partial charge on any atom is 0.335 e. The van der Waals surface area contributed by atoms with E-state index in [1.54, 1.807) is 12.1 Å². The topological polar surface area (TPSA) is 93.9 Å². The van der Waals surface area contributed by atoms with E-state index in [-0.39, 0.29) is 12.1 Å². The Morgan fingerprint density at radius 3 is 2.08 bits per heavy atom. The zero-order valence-electron chi connectivity index (χ0n) is 30.6. The van der Waals surface area contributed by atoms with Crippen molar-refractivity contribution in [3.05, 3.63) is 137 Å². The molecule has 0 spiro atoms. The van der Waals surface area contributed by atoms with Gasteiger partial charge in [-0.25, -0.2) is 4.79 Å². The molecule has 5 unspecified atom stereocenters. The van der Waals surface area contributed by atoms with Crippen LogP contribution in [0.25, 0.3) is 0 Å². The molecule has 0 amide bonds. The minimum Gasteiger partial charge on any atom is -0.478 e. The fourth-order valence-corrected chi connectivity index (χ4v) is 10.6. The van der Waals surface area contributed by atoms with Crippen molar-refractivity contribution >= 4 is 11.7 Å². The number of carbonyl (C=O) groups is 1. The molecule has 6 aliphatic rings. The van der Waals surface area contributed by atoms with Crippen molar-refractivity contribution in [2.45, 2.75) is 105 Å². The third-order valence-corrected chi connectivity index (χ3v) is 13.8. The van der Waals surface area contributed by atoms with Crippen LogP contribution >= 0.6 is 0 Å². The number of carboxylic acid groups (broad SMARTS) is 1. The summed E-state index contributed by atoms with van der Waals surface area (Å²) in [6.45, 7) is 3.14. The van der Waals surface area contributed by atoms with Crippen LogP contribution in [0.1, 0.15) is 107 Å². The van der Waals surface area contributed by atoms with Crippen molar-refractivity contribution in [3.8, 4) is 0 Å². The highest BCUT2D eigenvalue weighted by Gasteiger charge is 2.49. The Bertz CT molecular complexity index is 1940. The first kappa shape index (κ1) is 33.6. The Morgan fingerprint density at radius 1 is 0.698 bits per heavy atom. The summed E-state index contributed by atoms with van der Waals surface area (Å²) in [4.78, 5) is 17.5. The van der Waals surface area contributed by atoms with Crippen molar-refractivity contribution in [2.24, 2.45) is 11.7 Å². The molecule has 3 aliphatic carbocycles. The number of nitrogens with two attached hydrogens (primary N) is 1. The van der Waals surface area contributed by atoms with E-state index in [0.29, 0.717) is 59.4 Å². The van der Waals surface area contributed by atoms with Crippen molar-refractivity contribution < 1.29 is 9.90 Å². The Kier molecular flexibility index (Phi) is 8.66. The van der Waals surface area contributed by atoms with Gasteiger partial charge >= 0.3 is 5.97 Å². The number of hydrogen-bond donors (Lipinski definition) is 4. The molecule has 7 nitrogen and oxygen atoms in total. The Hall–Kier alpha value is -4.01. The van der Waals surface area contributed by atoms with Gasteiger partial charge in [0.2, 0.25) is 0 Å². The van der Waals surface area contributed by atoms with Gasteiger partial charge in [0.15, 0.2) is 0 Å². The number of benzene rings is 4. The number of nitrogens with one attached hydrogen (secondary N) is 2. The summed E-state index contributed by atoms with van der Waals surface area (Å²) in [5.41, 5.74) is 15.0. The van der Waals surface area contributed by atoms with E-state index in [0.717, 1.165) is 51.7 Å². The first-order chi connectivity index (χ1) is 26.0. The molecule has 4 aromatic rings. The zero-order valence-corrected chi connectivity index (χ0v) is 30.6. The maximum atomic E-state index is 11.9. The molecule has 4 aromatic carbocycles. The minimum atomic E-state index is -0.875. The molecule has 11 atom stereocenters. The summed E-state index contributed by atoms with van der Waals surface area (Å²) >= 11 is 0. The van der Waals surface area contributed by atoms with Crippen LogP contribution in [-0.4, -0.2) is 71.9 Å². The first-order valence-corrected chi connectivity index (χ1v) is 20.3. The van der Waals surface area contributed by atoms with Gasteiger partial charge < -0.3 is 26.4 Å². The number of piperidine rings is 2. The summed E-state index contributed by atoms with van der Waals surface area (Å²) in [7, 11) is 0. The van der Waals surface area contributed by atoms with Crippen molar-refractivity contribution in [1.29, 1.82) is 0 Å². The van der Waals surface area contributed by atoms with Crippen LogP contribution < -0.4 is 21.3 Å². The van der Waals surface area contributed by atoms with Crippen molar-refractivity contribution in [2.75, 3.05) is 24.5 Å². The molecule has 5 fully saturated rings. The second-order valence-electron chi connectivity index (χ2n) is 17.1. The lowest BCUT2D eigenvalue weighted by atomic mass is 9.81. The van der Waals surface area contributed by atoms with E-state index in [2.05, 4.69) is 111 Å². The first-order valence-electron chi connectivity index (χ1n) is 20.3. The van der Waals surface area contributed by atoms with Crippen LogP contribution in [0, 0.1) is 5.92 Å². The molecule has 0 bridgehead atoms. The Morgan fingerprint density at radius 2 is 1.38 bits per heavy atom. The monoisotopic (exact) mass is 707 g/mol. The number of aromatic carboxylic acids is 1. The molecule has 3 heterocycles. The third kappa shape index (κ3) is 6.60. The Balaban J connectivity index is 0.962. The molecule has 5 N–H and O–H groups in total. The lowest BCUT2D eigenvalue weighted by Crippen LogP contribution is -2.59. The third-order valence-electron chi connectivity index (χ3n) is 13.8. The summed E-state index contributed by atoms with van der Waals surface area (Å²) in [5.74, 6) is 1.43. The number of fused-ring (bicyclic) bond motifs is 5. The van der Waals surface area contributed by atoms with Crippen molar-refractivity contribution in [3.63, 3.8) is 0 Å². The van der Waals surface area contributed by atoms with Gasteiger partial charge in [0.25, 0.3) is 0 Å². The maximum absolute atomic E-state index is 11.9. The molecule has 53 heavy (non-hydrogen) atoms. The van der Waals surface area contributed by atoms with Crippen LogP contribution in [0.5, 0.6) is 0 Å². The van der Waals surface area contributed by atoms with E-state index < -0.39 is 5.97 Å². The molecular weight excluding hydrogens is 655 g/mol. The summed E-state index contributed by atoms with van der Waals surface area (Å²) in [5, 5.41) is 18.0. The Labute approximate surface area is 314 Å². The average Bonchev–Trinajstić information content (AvgIpc) is 4.11. The van der Waals surface area contributed by atoms with Crippen LogP contribution in [0.4, 0.5) is 5.69 Å². The number of hydrogen-bond acceptors (Lipinski definition) is 6. The van der Waals surface area contributed by atoms with Gasteiger partial charge in [-0.05, 0) is 110 Å². The highest BCUT2D eigenvalue weighted by molar-refractivity contribution is 5.87. The molecule has 2 saturated heterocycles. The molecule has 274 valence electrons. The lowest BCUT2D eigenvalue weighted by molar-refractivity contribution is 0.0602. The van der Waals surface area contributed by atoms with E-state index in [1.165, 1.54) is 46.3 Å². The van der Waals surface area contributed by atoms with E-state index in [1.807, 2.05) is 0 Å². The lowest BCUT2D eigenvalue weighted by Gasteiger charge is -2.50. The molecule has 0 aromatic heterocycles. The van der Waals surface area contributed by atoms with Gasteiger partial charge in [-0.15, -0.1) is 0 Å². The van der Waals surface area contributed by atoms with E-state index in [9.17, 15) is 9.90 Å². The van der Waals surface area contributed by atoms with Gasteiger partial charge in [-0.1, -0.05) is 84.9 Å². The quantitative estimate of drug-likeness (QED) is 0.141. The number of nitrogens with zero attached hydrogens (tertiary/aromatic N) is 2. The molecule has 0 radical (unpaired) electrons. The smallest absolute Gasteiger partial charge is 0.335 e. The number of rotatable bonds is 10. The van der Waals surface area contributed by atoms with Crippen molar-refractivity contribution in [1.82, 2.24) is 15.5 Å². The van der Waals surface area contributed by atoms with Crippen LogP contribution in [-0.2, 0) is 0 Å². The zero-order chi connectivity index (χ0) is 35.6. The van der Waals surface area contributed by atoms with Gasteiger partial charge in [-0.2, -0.15) is 0 Å². The van der Waals surface area contributed by atoms with Crippen LogP contribution in [0.2, 0.25) is 0 Å². The van der Waals surface area contributed by atoms with Gasteiger partial charge in [-0.3, -0.25) is 4.90 Å². The van der Waals surface area contributed by atoms with E-state index >= 15 is 0 Å². The largest absolute Gasteiger partial charge is 0.478 e. The molecule has 10 rings (SSSR count). The minimum absolute atomic E-state index is 0.0653. The summed E-state index contributed by atoms with van der Waals surface area (Å²) in [6.07, 6.45) is 8.11. The fourth-order valence-electron chi connectivity index (χ4n) is 10.6. The van der Waals surface area contributed by atoms with Crippen LogP contribution in [0.3, 0.4) is 0 Å². The van der Waals surface area contributed by atoms with Gasteiger partial charge in [0.05, 0.1) is 11.6 Å². The highest BCUT2D eigenvalue weighted by Crippen LogP contribution is 2.50. The molecular formula is C46H53N5O2. The number of anilines is 1. The normalized spacial score (nSPS) is 34.3. The predicted octanol–water partition coefficient (Wildman–Crippen LogP) is 7.01. The van der Waals surface area contributed by atoms with Gasteiger partial charge in [0, 0.05) is 66.2 Å². The SMILES string of the molecule is N[C@H]1C[C@@H]1c1ccc2c(c1)C(c1ccc(C(=O)O)cc1)N1CCC(CN[C@@H]3C[C@H]3c3ccccc3)CC1C1CC(N[C@@H]3C[C@H]3c3ccccc3)CCN21. The second-order valence-corrected chi connectivity index (χ2v) is 17.1. The van der Waals surface area contributed by atoms with E-state index in [4.69, 9.17) is 5.73 Å².